The third-order valence-electron chi connectivity index (χ3n) is 3.71. The highest BCUT2D eigenvalue weighted by molar-refractivity contribution is 7.89. The Balaban J connectivity index is 1.88. The number of nitrogens with one attached hydrogen (secondary N) is 2. The highest BCUT2D eigenvalue weighted by Crippen LogP contribution is 2.15. The molecular formula is C14H20N4O5S. The molecule has 1 aromatic rings. The van der Waals surface area contributed by atoms with Gasteiger partial charge in [0.15, 0.2) is 0 Å². The fourth-order valence-corrected chi connectivity index (χ4v) is 3.47. The molecule has 1 atom stereocenters. The normalized spacial score (nSPS) is 18.4. The van der Waals surface area contributed by atoms with Gasteiger partial charge >= 0.3 is 0 Å². The van der Waals surface area contributed by atoms with E-state index >= 15 is 0 Å². The largest absolute Gasteiger partial charge is 0.340 e. The zero-order valence-corrected chi connectivity index (χ0v) is 14.1. The van der Waals surface area contributed by atoms with Crippen molar-refractivity contribution in [2.45, 2.75) is 24.3 Å². The van der Waals surface area contributed by atoms with Gasteiger partial charge in [-0.2, -0.15) is 0 Å². The molecule has 1 aliphatic heterocycles. The number of sulfonamides is 1. The standard InChI is InChI=1S/C14H20N4O5S/c1-11-10-17(9-8-15-11)14(19)6-7-16-24(22,23)13-4-2-12(3-5-13)18(20)21/h2-5,11,15-16H,6-10H2,1H3. The summed E-state index contributed by atoms with van der Waals surface area (Å²) in [6.07, 6.45) is 0.0684. The first-order chi connectivity index (χ1) is 11.3. The van der Waals surface area contributed by atoms with Crippen LogP contribution in [0.4, 0.5) is 5.69 Å². The van der Waals surface area contributed by atoms with E-state index in [-0.39, 0.29) is 35.5 Å². The lowest BCUT2D eigenvalue weighted by Gasteiger charge is -2.32. The quantitative estimate of drug-likeness (QED) is 0.550. The lowest BCUT2D eigenvalue weighted by atomic mass is 10.2. The average molecular weight is 356 g/mol. The predicted octanol–water partition coefficient (Wildman–Crippen LogP) is 0.0835. The Morgan fingerprint density at radius 1 is 1.42 bits per heavy atom. The molecule has 0 saturated carbocycles. The van der Waals surface area contributed by atoms with Crippen molar-refractivity contribution in [2.24, 2.45) is 0 Å². The van der Waals surface area contributed by atoms with Gasteiger partial charge in [-0.15, -0.1) is 0 Å². The maximum Gasteiger partial charge on any atom is 0.269 e. The summed E-state index contributed by atoms with van der Waals surface area (Å²) in [7, 11) is -3.80. The van der Waals surface area contributed by atoms with Crippen LogP contribution in [0, 0.1) is 10.1 Å². The molecule has 0 radical (unpaired) electrons. The van der Waals surface area contributed by atoms with Crippen molar-refractivity contribution in [3.8, 4) is 0 Å². The van der Waals surface area contributed by atoms with Crippen molar-refractivity contribution in [1.82, 2.24) is 14.9 Å². The zero-order chi connectivity index (χ0) is 17.7. The molecule has 2 N–H and O–H groups in total. The van der Waals surface area contributed by atoms with Crippen LogP contribution in [0.25, 0.3) is 0 Å². The summed E-state index contributed by atoms with van der Waals surface area (Å²) < 4.78 is 26.6. The third-order valence-corrected chi connectivity index (χ3v) is 5.19. The van der Waals surface area contributed by atoms with Crippen LogP contribution in [0.5, 0.6) is 0 Å². The van der Waals surface area contributed by atoms with Crippen LogP contribution in [-0.4, -0.2) is 56.4 Å². The van der Waals surface area contributed by atoms with Gasteiger partial charge in [-0.05, 0) is 19.1 Å². The number of benzene rings is 1. The first kappa shape index (κ1) is 18.3. The first-order valence-corrected chi connectivity index (χ1v) is 9.03. The van der Waals surface area contributed by atoms with E-state index in [1.54, 1.807) is 4.90 Å². The van der Waals surface area contributed by atoms with Crippen LogP contribution >= 0.6 is 0 Å². The molecule has 132 valence electrons. The Bertz CT molecular complexity index is 704. The Hall–Kier alpha value is -2.04. The molecule has 1 amide bonds. The van der Waals surface area contributed by atoms with E-state index in [0.29, 0.717) is 13.1 Å². The Morgan fingerprint density at radius 2 is 2.08 bits per heavy atom. The van der Waals surface area contributed by atoms with Crippen LogP contribution < -0.4 is 10.0 Å². The number of nitrogens with zero attached hydrogens (tertiary/aromatic N) is 2. The van der Waals surface area contributed by atoms with Gasteiger partial charge < -0.3 is 10.2 Å². The molecule has 1 aliphatic rings. The maximum absolute atomic E-state index is 12.1. The van der Waals surface area contributed by atoms with Gasteiger partial charge in [0, 0.05) is 50.8 Å². The van der Waals surface area contributed by atoms with Crippen LogP contribution in [0.15, 0.2) is 29.2 Å². The van der Waals surface area contributed by atoms with Crippen molar-refractivity contribution in [2.75, 3.05) is 26.2 Å². The molecule has 24 heavy (non-hydrogen) atoms. The summed E-state index contributed by atoms with van der Waals surface area (Å²) in [5.41, 5.74) is -0.183. The number of amides is 1. The second-order valence-electron chi connectivity index (χ2n) is 5.59. The van der Waals surface area contributed by atoms with Crippen molar-refractivity contribution in [1.29, 1.82) is 0 Å². The number of piperazine rings is 1. The summed E-state index contributed by atoms with van der Waals surface area (Å²) in [6, 6.07) is 4.81. The van der Waals surface area contributed by atoms with Crippen LogP contribution in [0.3, 0.4) is 0 Å². The Labute approximate surface area is 140 Å². The second-order valence-corrected chi connectivity index (χ2v) is 7.36. The van der Waals surface area contributed by atoms with E-state index in [4.69, 9.17) is 0 Å². The van der Waals surface area contributed by atoms with Crippen LogP contribution in [0.1, 0.15) is 13.3 Å². The summed E-state index contributed by atoms with van der Waals surface area (Å²) >= 11 is 0. The Kier molecular flexibility index (Phi) is 5.86. The fraction of sp³-hybridized carbons (Fsp3) is 0.500. The van der Waals surface area contributed by atoms with E-state index in [1.165, 1.54) is 12.1 Å². The number of rotatable bonds is 6. The van der Waals surface area contributed by atoms with Gasteiger partial charge in [-0.3, -0.25) is 14.9 Å². The predicted molar refractivity (Wildman–Crippen MR) is 86.9 cm³/mol. The van der Waals surface area contributed by atoms with Crippen LogP contribution in [-0.2, 0) is 14.8 Å². The number of hydrogen-bond donors (Lipinski definition) is 2. The highest BCUT2D eigenvalue weighted by atomic mass is 32.2. The first-order valence-electron chi connectivity index (χ1n) is 7.55. The van der Waals surface area contributed by atoms with E-state index < -0.39 is 14.9 Å². The molecule has 0 spiro atoms. The minimum Gasteiger partial charge on any atom is -0.340 e. The van der Waals surface area contributed by atoms with Gasteiger partial charge in [0.1, 0.15) is 0 Å². The topological polar surface area (TPSA) is 122 Å². The molecule has 1 unspecified atom stereocenters. The van der Waals surface area contributed by atoms with Crippen molar-refractivity contribution < 1.29 is 18.1 Å². The van der Waals surface area contributed by atoms with E-state index in [9.17, 15) is 23.3 Å². The summed E-state index contributed by atoms with van der Waals surface area (Å²) in [6.45, 7) is 3.90. The molecular weight excluding hydrogens is 336 g/mol. The van der Waals surface area contributed by atoms with Gasteiger partial charge in [0.05, 0.1) is 9.82 Å². The van der Waals surface area contributed by atoms with Crippen molar-refractivity contribution in [3.63, 3.8) is 0 Å². The molecule has 9 nitrogen and oxygen atoms in total. The summed E-state index contributed by atoms with van der Waals surface area (Å²) in [4.78, 5) is 23.7. The number of nitro benzene ring substituents is 1. The SMILES string of the molecule is CC1CN(C(=O)CCNS(=O)(=O)c2ccc([N+](=O)[O-])cc2)CCN1. The summed E-state index contributed by atoms with van der Waals surface area (Å²) in [5.74, 6) is -0.102. The zero-order valence-electron chi connectivity index (χ0n) is 13.3. The lowest BCUT2D eigenvalue weighted by Crippen LogP contribution is -2.51. The third kappa shape index (κ3) is 4.73. The number of hydrogen-bond acceptors (Lipinski definition) is 6. The van der Waals surface area contributed by atoms with Gasteiger partial charge in [0.25, 0.3) is 5.69 Å². The number of non-ortho nitro benzene ring substituents is 1. The van der Waals surface area contributed by atoms with E-state index in [0.717, 1.165) is 18.7 Å². The monoisotopic (exact) mass is 356 g/mol. The molecule has 1 aromatic carbocycles. The van der Waals surface area contributed by atoms with Gasteiger partial charge in [-0.1, -0.05) is 0 Å². The fourth-order valence-electron chi connectivity index (χ4n) is 2.44. The average Bonchev–Trinajstić information content (AvgIpc) is 2.54. The van der Waals surface area contributed by atoms with E-state index in [1.807, 2.05) is 6.92 Å². The number of carbonyl (C=O) groups is 1. The van der Waals surface area contributed by atoms with Gasteiger partial charge in [0.2, 0.25) is 15.9 Å². The van der Waals surface area contributed by atoms with E-state index in [2.05, 4.69) is 10.0 Å². The smallest absolute Gasteiger partial charge is 0.269 e. The molecule has 0 aliphatic carbocycles. The maximum atomic E-state index is 12.1. The molecule has 2 rings (SSSR count). The molecule has 1 fully saturated rings. The van der Waals surface area contributed by atoms with Crippen LogP contribution in [0.2, 0.25) is 0 Å². The van der Waals surface area contributed by atoms with Crippen molar-refractivity contribution in [3.05, 3.63) is 34.4 Å². The molecule has 1 saturated heterocycles. The number of nitro groups is 1. The Morgan fingerprint density at radius 3 is 2.67 bits per heavy atom. The van der Waals surface area contributed by atoms with Gasteiger partial charge in [-0.25, -0.2) is 13.1 Å². The second kappa shape index (κ2) is 7.69. The summed E-state index contributed by atoms with van der Waals surface area (Å²) in [5, 5.41) is 13.8. The molecule has 0 aromatic heterocycles. The van der Waals surface area contributed by atoms with Crippen molar-refractivity contribution >= 4 is 21.6 Å². The number of carbonyl (C=O) groups excluding carboxylic acids is 1. The minimum atomic E-state index is -3.80. The highest BCUT2D eigenvalue weighted by Gasteiger charge is 2.21. The minimum absolute atomic E-state index is 0.0174. The molecule has 10 heteroatoms. The molecule has 0 bridgehead atoms. The molecule has 1 heterocycles. The lowest BCUT2D eigenvalue weighted by molar-refractivity contribution is -0.384.